The first-order valence-electron chi connectivity index (χ1n) is 7.30. The van der Waals surface area contributed by atoms with Crippen molar-refractivity contribution in [3.63, 3.8) is 0 Å². The lowest BCUT2D eigenvalue weighted by Crippen LogP contribution is -2.48. The molecular weight excluding hydrogens is 352 g/mol. The van der Waals surface area contributed by atoms with Gasteiger partial charge in [-0.1, -0.05) is 6.07 Å². The molecule has 8 nitrogen and oxygen atoms in total. The zero-order valence-electron chi connectivity index (χ0n) is 13.0. The molecule has 0 aliphatic carbocycles. The van der Waals surface area contributed by atoms with E-state index in [2.05, 4.69) is 4.98 Å². The van der Waals surface area contributed by atoms with E-state index in [1.54, 1.807) is 6.20 Å². The van der Waals surface area contributed by atoms with Crippen LogP contribution in [0.3, 0.4) is 0 Å². The second kappa shape index (κ2) is 6.46. The monoisotopic (exact) mass is 368 g/mol. The summed E-state index contributed by atoms with van der Waals surface area (Å²) in [6.07, 6.45) is 1.72. The molecule has 1 aliphatic heterocycles. The highest BCUT2D eigenvalue weighted by molar-refractivity contribution is 7.89. The predicted octanol–water partition coefficient (Wildman–Crippen LogP) is 1.87. The Bertz CT molecular complexity index is 844. The molecule has 0 radical (unpaired) electrons. The SMILES string of the molecule is Cc1c([N+](=O)[O-])cccc1S(=O)(=O)N1CCN(c2nccs2)CC1. The van der Waals surface area contributed by atoms with Crippen LogP contribution >= 0.6 is 11.3 Å². The summed E-state index contributed by atoms with van der Waals surface area (Å²) in [7, 11) is -3.76. The number of sulfonamides is 1. The van der Waals surface area contributed by atoms with Gasteiger partial charge in [-0.25, -0.2) is 13.4 Å². The van der Waals surface area contributed by atoms with E-state index in [1.807, 2.05) is 10.3 Å². The summed E-state index contributed by atoms with van der Waals surface area (Å²) in [5, 5.41) is 13.8. The molecule has 128 valence electrons. The molecule has 0 bridgehead atoms. The van der Waals surface area contributed by atoms with Gasteiger partial charge in [-0.3, -0.25) is 10.1 Å². The Morgan fingerprint density at radius 2 is 1.96 bits per heavy atom. The van der Waals surface area contributed by atoms with Gasteiger partial charge in [-0.05, 0) is 13.0 Å². The van der Waals surface area contributed by atoms with Crippen LogP contribution in [0.1, 0.15) is 5.56 Å². The van der Waals surface area contributed by atoms with E-state index in [4.69, 9.17) is 0 Å². The van der Waals surface area contributed by atoms with Crippen LogP contribution in [0.5, 0.6) is 0 Å². The second-order valence-corrected chi connectivity index (χ2v) is 8.14. The van der Waals surface area contributed by atoms with Crippen molar-refractivity contribution in [2.75, 3.05) is 31.1 Å². The van der Waals surface area contributed by atoms with Crippen molar-refractivity contribution in [1.29, 1.82) is 0 Å². The third-order valence-electron chi connectivity index (χ3n) is 4.00. The molecule has 0 N–H and O–H groups in total. The van der Waals surface area contributed by atoms with E-state index < -0.39 is 14.9 Å². The minimum Gasteiger partial charge on any atom is -0.345 e. The van der Waals surface area contributed by atoms with Crippen LogP contribution in [0.25, 0.3) is 0 Å². The maximum absolute atomic E-state index is 12.8. The van der Waals surface area contributed by atoms with Crippen LogP contribution < -0.4 is 4.90 Å². The van der Waals surface area contributed by atoms with Crippen LogP contribution in [0.2, 0.25) is 0 Å². The van der Waals surface area contributed by atoms with Gasteiger partial charge in [-0.15, -0.1) is 11.3 Å². The van der Waals surface area contributed by atoms with Crippen LogP contribution in [-0.4, -0.2) is 48.8 Å². The molecule has 1 aromatic carbocycles. The van der Waals surface area contributed by atoms with Crippen molar-refractivity contribution in [2.45, 2.75) is 11.8 Å². The summed E-state index contributed by atoms with van der Waals surface area (Å²) in [5.74, 6) is 0. The number of aromatic nitrogens is 1. The van der Waals surface area contributed by atoms with E-state index >= 15 is 0 Å². The van der Waals surface area contributed by atoms with Gasteiger partial charge in [0.1, 0.15) is 0 Å². The summed E-state index contributed by atoms with van der Waals surface area (Å²) < 4.78 is 27.1. The lowest BCUT2D eigenvalue weighted by atomic mass is 10.2. The van der Waals surface area contributed by atoms with Gasteiger partial charge in [0.2, 0.25) is 10.0 Å². The molecule has 0 atom stereocenters. The fourth-order valence-electron chi connectivity index (χ4n) is 2.71. The molecule has 0 spiro atoms. The molecule has 0 unspecified atom stereocenters. The highest BCUT2D eigenvalue weighted by Crippen LogP contribution is 2.28. The van der Waals surface area contributed by atoms with Gasteiger partial charge in [0.25, 0.3) is 5.69 Å². The van der Waals surface area contributed by atoms with Crippen molar-refractivity contribution in [1.82, 2.24) is 9.29 Å². The summed E-state index contributed by atoms with van der Waals surface area (Å²) >= 11 is 1.51. The van der Waals surface area contributed by atoms with Gasteiger partial charge >= 0.3 is 0 Å². The Morgan fingerprint density at radius 3 is 2.54 bits per heavy atom. The minimum atomic E-state index is -3.76. The van der Waals surface area contributed by atoms with Crippen molar-refractivity contribution in [2.24, 2.45) is 0 Å². The fraction of sp³-hybridized carbons (Fsp3) is 0.357. The lowest BCUT2D eigenvalue weighted by molar-refractivity contribution is -0.385. The number of hydrogen-bond acceptors (Lipinski definition) is 7. The van der Waals surface area contributed by atoms with Gasteiger partial charge in [0, 0.05) is 49.4 Å². The van der Waals surface area contributed by atoms with E-state index in [1.165, 1.54) is 40.8 Å². The highest BCUT2D eigenvalue weighted by atomic mass is 32.2. The first-order chi connectivity index (χ1) is 11.4. The normalized spacial score (nSPS) is 16.3. The predicted molar refractivity (Wildman–Crippen MR) is 90.9 cm³/mol. The standard InChI is InChI=1S/C14H16N4O4S2/c1-11-12(18(19)20)3-2-4-13(11)24(21,22)17-8-6-16(7-9-17)14-15-5-10-23-14/h2-5,10H,6-9H2,1H3. The van der Waals surface area contributed by atoms with Crippen molar-refractivity contribution in [3.8, 4) is 0 Å². The van der Waals surface area contributed by atoms with Crippen molar-refractivity contribution < 1.29 is 13.3 Å². The molecule has 2 heterocycles. The number of benzene rings is 1. The number of nitro benzene ring substituents is 1. The molecule has 0 amide bonds. The third kappa shape index (κ3) is 2.99. The maximum Gasteiger partial charge on any atom is 0.273 e. The molecule has 1 saturated heterocycles. The number of thiazole rings is 1. The smallest absolute Gasteiger partial charge is 0.273 e. The number of piperazine rings is 1. The molecule has 1 fully saturated rings. The Kier molecular flexibility index (Phi) is 4.52. The van der Waals surface area contributed by atoms with E-state index in [0.717, 1.165) is 5.13 Å². The second-order valence-electron chi connectivity index (χ2n) is 5.36. The Morgan fingerprint density at radius 1 is 1.25 bits per heavy atom. The van der Waals surface area contributed by atoms with Crippen LogP contribution in [0.4, 0.5) is 10.8 Å². The first kappa shape index (κ1) is 16.8. The summed E-state index contributed by atoms with van der Waals surface area (Å²) in [6.45, 7) is 3.20. The van der Waals surface area contributed by atoms with E-state index in [-0.39, 0.29) is 16.1 Å². The van der Waals surface area contributed by atoms with Crippen molar-refractivity contribution >= 4 is 32.2 Å². The van der Waals surface area contributed by atoms with Gasteiger partial charge < -0.3 is 4.90 Å². The van der Waals surface area contributed by atoms with Gasteiger partial charge in [0.15, 0.2) is 5.13 Å². The average Bonchev–Trinajstić information content (AvgIpc) is 3.09. The molecular formula is C14H16N4O4S2. The fourth-order valence-corrected chi connectivity index (χ4v) is 5.07. The molecule has 10 heteroatoms. The van der Waals surface area contributed by atoms with Crippen molar-refractivity contribution in [3.05, 3.63) is 45.5 Å². The molecule has 2 aromatic rings. The number of hydrogen-bond donors (Lipinski definition) is 0. The molecule has 0 saturated carbocycles. The van der Waals surface area contributed by atoms with Crippen LogP contribution in [0, 0.1) is 17.0 Å². The average molecular weight is 368 g/mol. The summed E-state index contributed by atoms with van der Waals surface area (Å²) in [4.78, 5) is 16.7. The lowest BCUT2D eigenvalue weighted by Gasteiger charge is -2.34. The van der Waals surface area contributed by atoms with E-state index in [0.29, 0.717) is 26.2 Å². The highest BCUT2D eigenvalue weighted by Gasteiger charge is 2.32. The molecule has 1 aromatic heterocycles. The zero-order valence-corrected chi connectivity index (χ0v) is 14.6. The molecule has 1 aliphatic rings. The number of anilines is 1. The number of nitrogens with zero attached hydrogens (tertiary/aromatic N) is 4. The van der Waals surface area contributed by atoms with Crippen LogP contribution in [0.15, 0.2) is 34.7 Å². The largest absolute Gasteiger partial charge is 0.345 e. The summed E-state index contributed by atoms with van der Waals surface area (Å²) in [6, 6.07) is 4.14. The van der Waals surface area contributed by atoms with E-state index in [9.17, 15) is 18.5 Å². The number of nitro groups is 1. The van der Waals surface area contributed by atoms with Gasteiger partial charge in [0.05, 0.1) is 9.82 Å². The minimum absolute atomic E-state index is 0.000557. The molecule has 3 rings (SSSR count). The molecule has 24 heavy (non-hydrogen) atoms. The zero-order chi connectivity index (χ0) is 17.3. The first-order valence-corrected chi connectivity index (χ1v) is 9.62. The number of rotatable bonds is 4. The van der Waals surface area contributed by atoms with Gasteiger partial charge in [-0.2, -0.15) is 4.31 Å². The third-order valence-corrected chi connectivity index (χ3v) is 6.87. The topological polar surface area (TPSA) is 96.6 Å². The van der Waals surface area contributed by atoms with Crippen LogP contribution in [-0.2, 0) is 10.0 Å². The Labute approximate surface area is 143 Å². The summed E-state index contributed by atoms with van der Waals surface area (Å²) in [5.41, 5.74) is -0.0117. The Hall–Kier alpha value is -2.04. The Balaban J connectivity index is 1.82. The quantitative estimate of drug-likeness (QED) is 0.604. The maximum atomic E-state index is 12.8.